The van der Waals surface area contributed by atoms with Crippen LogP contribution in [-0.2, 0) is 0 Å². The Morgan fingerprint density at radius 2 is 1.75 bits per heavy atom. The Morgan fingerprint density at radius 1 is 0.958 bits per heavy atom. The smallest absolute Gasteiger partial charge is 0.137 e. The van der Waals surface area contributed by atoms with Crippen molar-refractivity contribution >= 4 is 11.3 Å². The first-order valence-corrected chi connectivity index (χ1v) is 8.62. The number of anilines is 1. The summed E-state index contributed by atoms with van der Waals surface area (Å²) in [6.45, 7) is 8.74. The molecule has 3 heterocycles. The molecule has 1 aliphatic rings. The van der Waals surface area contributed by atoms with Crippen LogP contribution in [-0.4, -0.2) is 47.5 Å². The molecule has 0 radical (unpaired) electrons. The first-order valence-electron chi connectivity index (χ1n) is 8.62. The highest BCUT2D eigenvalue weighted by molar-refractivity contribution is 5.73. The van der Waals surface area contributed by atoms with Gasteiger partial charge >= 0.3 is 0 Å². The van der Waals surface area contributed by atoms with Gasteiger partial charge in [0.15, 0.2) is 0 Å². The first kappa shape index (κ1) is 15.2. The molecule has 0 unspecified atom stereocenters. The molecular weight excluding hydrogens is 296 g/mol. The van der Waals surface area contributed by atoms with Gasteiger partial charge in [-0.25, -0.2) is 4.98 Å². The van der Waals surface area contributed by atoms with Crippen molar-refractivity contribution < 1.29 is 0 Å². The number of nitrogens with zero attached hydrogens (tertiary/aromatic N) is 4. The Balaban J connectivity index is 1.77. The predicted octanol–water partition coefficient (Wildman–Crippen LogP) is 3.37. The van der Waals surface area contributed by atoms with Crippen LogP contribution in [0.1, 0.15) is 11.3 Å². The summed E-state index contributed by atoms with van der Waals surface area (Å²) < 4.78 is 2.16. The molecule has 0 spiro atoms. The Morgan fingerprint density at radius 3 is 2.50 bits per heavy atom. The van der Waals surface area contributed by atoms with Crippen LogP contribution in [0.4, 0.5) is 5.69 Å². The summed E-state index contributed by atoms with van der Waals surface area (Å²) in [5, 5.41) is 0. The van der Waals surface area contributed by atoms with Gasteiger partial charge in [0.2, 0.25) is 0 Å². The van der Waals surface area contributed by atoms with Gasteiger partial charge in [-0.3, -0.25) is 0 Å². The lowest BCUT2D eigenvalue weighted by Crippen LogP contribution is -2.44. The summed E-state index contributed by atoms with van der Waals surface area (Å²) in [5.41, 5.74) is 7.13. The Kier molecular flexibility index (Phi) is 3.77. The van der Waals surface area contributed by atoms with Crippen LogP contribution < -0.4 is 4.90 Å². The molecule has 1 aliphatic heterocycles. The number of hydrogen-bond acceptors (Lipinski definition) is 3. The van der Waals surface area contributed by atoms with Crippen LogP contribution in [0.5, 0.6) is 0 Å². The molecule has 1 aromatic carbocycles. The van der Waals surface area contributed by atoms with Crippen molar-refractivity contribution in [1.82, 2.24) is 14.3 Å². The number of pyridine rings is 1. The van der Waals surface area contributed by atoms with Crippen molar-refractivity contribution in [2.75, 3.05) is 38.1 Å². The molecule has 0 N–H and O–H groups in total. The van der Waals surface area contributed by atoms with Crippen LogP contribution in [0.25, 0.3) is 16.9 Å². The van der Waals surface area contributed by atoms with Crippen molar-refractivity contribution in [3.05, 3.63) is 53.9 Å². The maximum atomic E-state index is 4.88. The molecule has 4 heteroatoms. The van der Waals surface area contributed by atoms with E-state index in [9.17, 15) is 0 Å². The zero-order valence-electron chi connectivity index (χ0n) is 14.7. The van der Waals surface area contributed by atoms with Crippen molar-refractivity contribution in [3.8, 4) is 11.3 Å². The van der Waals surface area contributed by atoms with Crippen LogP contribution in [0.15, 0.2) is 42.6 Å². The lowest BCUT2D eigenvalue weighted by Gasteiger charge is -2.34. The van der Waals surface area contributed by atoms with Crippen LogP contribution in [0, 0.1) is 13.8 Å². The van der Waals surface area contributed by atoms with E-state index in [-0.39, 0.29) is 0 Å². The molecule has 0 amide bonds. The first-order chi connectivity index (χ1) is 11.6. The van der Waals surface area contributed by atoms with Gasteiger partial charge in [-0.15, -0.1) is 0 Å². The molecule has 3 aromatic rings. The number of benzene rings is 1. The quantitative estimate of drug-likeness (QED) is 0.723. The number of aromatic nitrogens is 2. The number of piperazine rings is 1. The standard InChI is InChI=1S/C20H24N4/c1-15-7-8-17(23-12-10-22(3)11-13-23)14-18(15)20-16(2)24-9-5-4-6-19(24)21-20/h4-9,14H,10-13H2,1-3H3. The van der Waals surface area contributed by atoms with E-state index >= 15 is 0 Å². The number of fused-ring (bicyclic) bond motifs is 1. The highest BCUT2D eigenvalue weighted by Gasteiger charge is 2.17. The second-order valence-electron chi connectivity index (χ2n) is 6.76. The third-order valence-corrected chi connectivity index (χ3v) is 5.11. The zero-order chi connectivity index (χ0) is 16.7. The Labute approximate surface area is 143 Å². The minimum absolute atomic E-state index is 1.01. The number of imidazole rings is 1. The molecule has 24 heavy (non-hydrogen) atoms. The van der Waals surface area contributed by atoms with E-state index in [1.54, 1.807) is 0 Å². The summed E-state index contributed by atoms with van der Waals surface area (Å²) in [6.07, 6.45) is 2.08. The molecule has 0 aliphatic carbocycles. The molecule has 2 aromatic heterocycles. The zero-order valence-corrected chi connectivity index (χ0v) is 14.7. The van der Waals surface area contributed by atoms with Gasteiger partial charge in [-0.1, -0.05) is 12.1 Å². The number of aryl methyl sites for hydroxylation is 2. The summed E-state index contributed by atoms with van der Waals surface area (Å²) in [4.78, 5) is 9.74. The second kappa shape index (κ2) is 5.95. The topological polar surface area (TPSA) is 23.8 Å². The summed E-state index contributed by atoms with van der Waals surface area (Å²) in [6, 6.07) is 12.9. The average Bonchev–Trinajstić information content (AvgIpc) is 2.93. The molecule has 1 saturated heterocycles. The minimum atomic E-state index is 1.01. The van der Waals surface area contributed by atoms with E-state index in [4.69, 9.17) is 4.98 Å². The van der Waals surface area contributed by atoms with Crippen LogP contribution in [0.3, 0.4) is 0 Å². The average molecular weight is 320 g/mol. The molecule has 0 atom stereocenters. The highest BCUT2D eigenvalue weighted by atomic mass is 15.2. The summed E-state index contributed by atoms with van der Waals surface area (Å²) in [7, 11) is 2.19. The van der Waals surface area contributed by atoms with Gasteiger partial charge in [-0.05, 0) is 50.7 Å². The maximum absolute atomic E-state index is 4.88. The van der Waals surface area contributed by atoms with Crippen molar-refractivity contribution in [2.45, 2.75) is 13.8 Å². The van der Waals surface area contributed by atoms with Crippen molar-refractivity contribution in [3.63, 3.8) is 0 Å². The van der Waals surface area contributed by atoms with E-state index in [2.05, 4.69) is 71.6 Å². The molecule has 124 valence electrons. The molecule has 0 saturated carbocycles. The fourth-order valence-electron chi connectivity index (χ4n) is 3.50. The van der Waals surface area contributed by atoms with Gasteiger partial charge in [0.1, 0.15) is 5.65 Å². The normalized spacial score (nSPS) is 16.0. The van der Waals surface area contributed by atoms with Crippen molar-refractivity contribution in [2.24, 2.45) is 0 Å². The minimum Gasteiger partial charge on any atom is -0.369 e. The Hall–Kier alpha value is -2.33. The SMILES string of the molecule is Cc1ccc(N2CCN(C)CC2)cc1-c1nc2ccccn2c1C. The largest absolute Gasteiger partial charge is 0.369 e. The highest BCUT2D eigenvalue weighted by Crippen LogP contribution is 2.30. The number of hydrogen-bond donors (Lipinski definition) is 0. The number of likely N-dealkylation sites (N-methyl/N-ethyl adjacent to an activating group) is 1. The molecule has 0 bridgehead atoms. The van der Waals surface area contributed by atoms with Crippen LogP contribution in [0.2, 0.25) is 0 Å². The van der Waals surface area contributed by atoms with E-state index in [1.165, 1.54) is 22.5 Å². The molecular formula is C20H24N4. The van der Waals surface area contributed by atoms with Gasteiger partial charge < -0.3 is 14.2 Å². The van der Waals surface area contributed by atoms with E-state index in [1.807, 2.05) is 6.07 Å². The third kappa shape index (κ3) is 2.57. The van der Waals surface area contributed by atoms with E-state index in [0.717, 1.165) is 37.5 Å². The van der Waals surface area contributed by atoms with Crippen LogP contribution >= 0.6 is 0 Å². The Bertz CT molecular complexity index is 872. The van der Waals surface area contributed by atoms with Gasteiger partial charge in [0.25, 0.3) is 0 Å². The second-order valence-corrected chi connectivity index (χ2v) is 6.76. The fraction of sp³-hybridized carbons (Fsp3) is 0.350. The van der Waals surface area contributed by atoms with Gasteiger partial charge in [-0.2, -0.15) is 0 Å². The maximum Gasteiger partial charge on any atom is 0.137 e. The lowest BCUT2D eigenvalue weighted by molar-refractivity contribution is 0.313. The monoisotopic (exact) mass is 320 g/mol. The number of rotatable bonds is 2. The van der Waals surface area contributed by atoms with E-state index in [0.29, 0.717) is 0 Å². The molecule has 1 fully saturated rings. The van der Waals surface area contributed by atoms with Gasteiger partial charge in [0.05, 0.1) is 5.69 Å². The third-order valence-electron chi connectivity index (χ3n) is 5.11. The summed E-state index contributed by atoms with van der Waals surface area (Å²) >= 11 is 0. The van der Waals surface area contributed by atoms with Crippen molar-refractivity contribution in [1.29, 1.82) is 0 Å². The molecule has 4 nitrogen and oxygen atoms in total. The summed E-state index contributed by atoms with van der Waals surface area (Å²) in [5.74, 6) is 0. The predicted molar refractivity (Wildman–Crippen MR) is 99.8 cm³/mol. The van der Waals surface area contributed by atoms with E-state index < -0.39 is 0 Å². The lowest BCUT2D eigenvalue weighted by atomic mass is 10.0. The molecule has 4 rings (SSSR count). The van der Waals surface area contributed by atoms with Gasteiger partial charge in [0, 0.05) is 49.3 Å². The fourth-order valence-corrected chi connectivity index (χ4v) is 3.50.